The summed E-state index contributed by atoms with van der Waals surface area (Å²) in [7, 11) is 0. The number of unbranched alkanes of at least 4 members (excludes halogenated alkanes) is 15. The van der Waals surface area contributed by atoms with Crippen LogP contribution in [0.3, 0.4) is 0 Å². The number of nitrogens with one attached hydrogen (secondary N) is 6. The van der Waals surface area contributed by atoms with Gasteiger partial charge >= 0.3 is 23.9 Å². The topological polar surface area (TPSA) is 350 Å². The molecule has 0 radical (unpaired) electrons. The Kier molecular flexibility index (Phi) is 43.9. The summed E-state index contributed by atoms with van der Waals surface area (Å²) >= 11 is 0. The van der Waals surface area contributed by atoms with Crippen LogP contribution in [0.5, 0.6) is 0 Å². The van der Waals surface area contributed by atoms with Gasteiger partial charge in [0.25, 0.3) is 0 Å². The minimum absolute atomic E-state index is 0.00311. The molecule has 1 aliphatic carbocycles. The van der Waals surface area contributed by atoms with E-state index in [1.807, 2.05) is 0 Å². The van der Waals surface area contributed by atoms with Gasteiger partial charge in [-0.15, -0.1) is 0 Å². The van der Waals surface area contributed by atoms with E-state index in [-0.39, 0.29) is 147 Å². The van der Waals surface area contributed by atoms with Gasteiger partial charge in [-0.05, 0) is 50.9 Å². The number of carboxylic acid groups (broad SMARTS) is 3. The molecule has 0 spiro atoms. The lowest BCUT2D eigenvalue weighted by atomic mass is 9.81. The third-order valence-electron chi connectivity index (χ3n) is 13.2. The fraction of sp³-hybridized carbons (Fsp3) is 0.818. The molecule has 24 nitrogen and oxygen atoms in total. The molecule has 454 valence electrons. The summed E-state index contributed by atoms with van der Waals surface area (Å²) in [5.74, 6) is -6.27. The molecule has 0 heterocycles. The number of aliphatic carboxylic acids is 3. The summed E-state index contributed by atoms with van der Waals surface area (Å²) in [6, 6.07) is -1.21. The lowest BCUT2D eigenvalue weighted by Crippen LogP contribution is -2.45. The normalized spacial score (nSPS) is 14.7. The Balaban J connectivity index is 1.97. The van der Waals surface area contributed by atoms with Crippen molar-refractivity contribution < 1.29 is 86.9 Å². The van der Waals surface area contributed by atoms with Crippen molar-refractivity contribution in [3.63, 3.8) is 0 Å². The maximum atomic E-state index is 13.0. The molecule has 0 bridgehead atoms. The number of esters is 1. The van der Waals surface area contributed by atoms with Gasteiger partial charge in [-0.3, -0.25) is 38.4 Å². The van der Waals surface area contributed by atoms with E-state index < -0.39 is 53.6 Å². The Morgan fingerprint density at radius 2 is 0.937 bits per heavy atom. The lowest BCUT2D eigenvalue weighted by molar-refractivity contribution is -0.151. The third kappa shape index (κ3) is 44.0. The quantitative estimate of drug-likeness (QED) is 0.0308. The predicted octanol–water partition coefficient (Wildman–Crippen LogP) is 3.94. The van der Waals surface area contributed by atoms with Crippen molar-refractivity contribution in [3.05, 3.63) is 0 Å². The van der Waals surface area contributed by atoms with Crippen LogP contribution in [0.4, 0.5) is 0 Å². The van der Waals surface area contributed by atoms with Crippen LogP contribution in [-0.2, 0) is 71.6 Å². The minimum Gasteiger partial charge on any atom is -0.481 e. The average Bonchev–Trinajstić information content (AvgIpc) is 3.41. The molecule has 0 aromatic rings. The van der Waals surface area contributed by atoms with Crippen LogP contribution >= 0.6 is 0 Å². The largest absolute Gasteiger partial charge is 0.481 e. The lowest BCUT2D eigenvalue weighted by Gasteiger charge is -2.28. The van der Waals surface area contributed by atoms with Crippen LogP contribution in [0, 0.1) is 17.8 Å². The molecule has 1 aliphatic rings. The number of carboxylic acids is 3. The second-order valence-electron chi connectivity index (χ2n) is 20.2. The first-order chi connectivity index (χ1) is 38.1. The molecule has 79 heavy (non-hydrogen) atoms. The molecule has 1 fully saturated rings. The van der Waals surface area contributed by atoms with Crippen molar-refractivity contribution in [2.75, 3.05) is 92.2 Å². The zero-order chi connectivity index (χ0) is 58.1. The molecule has 1 rings (SSSR count). The Labute approximate surface area is 466 Å². The van der Waals surface area contributed by atoms with Gasteiger partial charge in [0.1, 0.15) is 25.9 Å². The molecule has 9 N–H and O–H groups in total. The van der Waals surface area contributed by atoms with Crippen LogP contribution in [0.25, 0.3) is 0 Å². The monoisotopic (exact) mass is 1130 g/mol. The van der Waals surface area contributed by atoms with Gasteiger partial charge in [0.05, 0.1) is 46.1 Å². The van der Waals surface area contributed by atoms with Gasteiger partial charge in [0, 0.05) is 70.2 Å². The van der Waals surface area contributed by atoms with E-state index in [4.69, 9.17) is 33.9 Å². The van der Waals surface area contributed by atoms with Crippen molar-refractivity contribution in [2.24, 2.45) is 17.8 Å². The summed E-state index contributed by atoms with van der Waals surface area (Å²) in [6.45, 7) is 2.71. The molecule has 0 aromatic heterocycles. The molecule has 0 saturated heterocycles. The zero-order valence-electron chi connectivity index (χ0n) is 47.1. The highest BCUT2D eigenvalue weighted by molar-refractivity contribution is 5.86. The molecular weight excluding hydrogens is 1030 g/mol. The summed E-state index contributed by atoms with van der Waals surface area (Å²) < 4.78 is 26.2. The molecule has 6 amide bonds. The van der Waals surface area contributed by atoms with Gasteiger partial charge < -0.3 is 70.9 Å². The number of rotatable bonds is 52. The Morgan fingerprint density at radius 1 is 0.456 bits per heavy atom. The van der Waals surface area contributed by atoms with E-state index in [2.05, 4.69) is 31.9 Å². The van der Waals surface area contributed by atoms with E-state index >= 15 is 0 Å². The van der Waals surface area contributed by atoms with E-state index in [1.165, 1.54) is 71.1 Å². The standard InChI is InChI=1S/C55H96N6O18/c1-42(38-51(68)69)53(71)59-27-26-48(64)56-28-29-57-49(65)40-77-34-33-76-36-37-79-52(70)41-78-35-32-75-31-30-58-47(63)25-24-45(55(73)74)61-54(72)44-22-20-43(21-23-44)39-60-46(62)18-16-14-12-10-8-6-4-2-3-5-7-9-11-13-15-17-19-50(66)67/h42-45H,2-41H2,1H3,(H,56,64)(H,57,65)(H,58,63)(H,59,71)(H,60,62)(H,61,72)(H,66,67)(H,68,69)(H,73,74). The van der Waals surface area contributed by atoms with Crippen LogP contribution in [0.2, 0.25) is 0 Å². The molecule has 0 aliphatic heterocycles. The molecule has 1 saturated carbocycles. The fourth-order valence-corrected chi connectivity index (χ4v) is 8.57. The first-order valence-corrected chi connectivity index (χ1v) is 28.8. The van der Waals surface area contributed by atoms with Crippen molar-refractivity contribution >= 4 is 59.3 Å². The maximum Gasteiger partial charge on any atom is 0.332 e. The van der Waals surface area contributed by atoms with E-state index in [1.54, 1.807) is 0 Å². The van der Waals surface area contributed by atoms with Gasteiger partial charge in [-0.1, -0.05) is 96.8 Å². The summed E-state index contributed by atoms with van der Waals surface area (Å²) in [5, 5.41) is 43.1. The SMILES string of the molecule is CC(CC(=O)O)C(=O)NCCC(=O)NCCNC(=O)COCCOCCOC(=O)COCCOCCNC(=O)CCC(NC(=O)C1CCC(CNC(=O)CCCCCCCCCCCCCCCCCCC(=O)O)CC1)C(=O)O. The molecule has 2 unspecified atom stereocenters. The summed E-state index contributed by atoms with van der Waals surface area (Å²) in [6.07, 6.45) is 21.6. The van der Waals surface area contributed by atoms with Gasteiger partial charge in [-0.25, -0.2) is 9.59 Å². The summed E-state index contributed by atoms with van der Waals surface area (Å²) in [4.78, 5) is 118. The Hall–Kier alpha value is -5.46. The number of carbonyl (C=O) groups is 10. The minimum atomic E-state index is -1.22. The zero-order valence-corrected chi connectivity index (χ0v) is 47.1. The number of carbonyl (C=O) groups excluding carboxylic acids is 7. The molecule has 24 heteroatoms. The van der Waals surface area contributed by atoms with Gasteiger partial charge in [-0.2, -0.15) is 0 Å². The van der Waals surface area contributed by atoms with Gasteiger partial charge in [0.15, 0.2) is 0 Å². The summed E-state index contributed by atoms with van der Waals surface area (Å²) in [5.41, 5.74) is 0. The second kappa shape index (κ2) is 48.4. The fourth-order valence-electron chi connectivity index (χ4n) is 8.57. The number of hydrogen-bond acceptors (Lipinski definition) is 15. The van der Waals surface area contributed by atoms with Crippen LogP contribution in [0.1, 0.15) is 174 Å². The van der Waals surface area contributed by atoms with Crippen molar-refractivity contribution in [2.45, 2.75) is 180 Å². The molecule has 0 aromatic carbocycles. The van der Waals surface area contributed by atoms with Crippen LogP contribution in [-0.4, -0.2) is 173 Å². The maximum absolute atomic E-state index is 13.0. The van der Waals surface area contributed by atoms with Crippen LogP contribution in [0.15, 0.2) is 0 Å². The Bertz CT molecular complexity index is 1750. The Morgan fingerprint density at radius 3 is 1.51 bits per heavy atom. The highest BCUT2D eigenvalue weighted by Gasteiger charge is 2.30. The first kappa shape index (κ1) is 71.6. The highest BCUT2D eigenvalue weighted by atomic mass is 16.6. The molecule has 2 atom stereocenters. The van der Waals surface area contributed by atoms with E-state index in [0.717, 1.165) is 51.4 Å². The number of hydrogen-bond donors (Lipinski definition) is 9. The van der Waals surface area contributed by atoms with Crippen molar-refractivity contribution in [3.8, 4) is 0 Å². The predicted molar refractivity (Wildman–Crippen MR) is 290 cm³/mol. The average molecular weight is 1130 g/mol. The number of amides is 6. The second-order valence-corrected chi connectivity index (χ2v) is 20.2. The smallest absolute Gasteiger partial charge is 0.332 e. The van der Waals surface area contributed by atoms with Crippen molar-refractivity contribution in [1.29, 1.82) is 0 Å². The van der Waals surface area contributed by atoms with Crippen LogP contribution < -0.4 is 31.9 Å². The third-order valence-corrected chi connectivity index (χ3v) is 13.2. The first-order valence-electron chi connectivity index (χ1n) is 28.8. The van der Waals surface area contributed by atoms with E-state index in [0.29, 0.717) is 25.8 Å². The highest BCUT2D eigenvalue weighted by Crippen LogP contribution is 2.29. The van der Waals surface area contributed by atoms with Crippen molar-refractivity contribution in [1.82, 2.24) is 31.9 Å². The van der Waals surface area contributed by atoms with Gasteiger partial charge in [0.2, 0.25) is 35.4 Å². The molecular formula is C55H96N6O18. The number of ether oxygens (including phenoxy) is 5. The van der Waals surface area contributed by atoms with E-state index in [9.17, 15) is 53.1 Å².